The van der Waals surface area contributed by atoms with Crippen molar-refractivity contribution >= 4 is 34.2 Å². The van der Waals surface area contributed by atoms with Gasteiger partial charge < -0.3 is 5.32 Å². The Morgan fingerprint density at radius 3 is 2.65 bits per heavy atom. The third kappa shape index (κ3) is 4.56. The first-order valence-corrected chi connectivity index (χ1v) is 11.3. The maximum absolute atomic E-state index is 12.8. The van der Waals surface area contributed by atoms with E-state index in [1.54, 1.807) is 28.0 Å². The molecule has 0 fully saturated rings. The molecule has 0 radical (unpaired) electrons. The summed E-state index contributed by atoms with van der Waals surface area (Å²) in [7, 11) is 0. The number of aryl methyl sites for hydroxylation is 2. The molecule has 0 bridgehead atoms. The van der Waals surface area contributed by atoms with E-state index in [1.807, 2.05) is 43.3 Å². The Morgan fingerprint density at radius 1 is 1.09 bits per heavy atom. The molecule has 0 saturated carbocycles. The van der Waals surface area contributed by atoms with Gasteiger partial charge in [-0.25, -0.2) is 9.67 Å². The Labute approximate surface area is 202 Å². The molecule has 5 aromatic rings. The number of nitrogens with zero attached hydrogens (tertiary/aromatic N) is 5. The lowest BCUT2D eigenvalue weighted by Crippen LogP contribution is -2.19. The molecule has 3 aromatic heterocycles. The Bertz CT molecular complexity index is 1490. The summed E-state index contributed by atoms with van der Waals surface area (Å²) < 4.78 is 3.42. The Hall–Kier alpha value is -3.97. The number of fused-ring (bicyclic) bond motifs is 1. The quantitative estimate of drug-likeness (QED) is 0.367. The van der Waals surface area contributed by atoms with Crippen LogP contribution in [0.1, 0.15) is 16.8 Å². The van der Waals surface area contributed by atoms with Crippen molar-refractivity contribution < 1.29 is 4.79 Å². The molecule has 5 rings (SSSR count). The highest BCUT2D eigenvalue weighted by Gasteiger charge is 2.16. The zero-order chi connectivity index (χ0) is 23.7. The maximum atomic E-state index is 12.8. The van der Waals surface area contributed by atoms with E-state index < -0.39 is 0 Å². The number of amides is 1. The fourth-order valence-electron chi connectivity index (χ4n) is 4.09. The van der Waals surface area contributed by atoms with Crippen molar-refractivity contribution in [3.63, 3.8) is 0 Å². The second-order valence-corrected chi connectivity index (χ2v) is 8.71. The second kappa shape index (κ2) is 9.11. The number of hydrogen-bond acceptors (Lipinski definition) is 4. The van der Waals surface area contributed by atoms with Gasteiger partial charge in [0.05, 0.1) is 23.5 Å². The first-order valence-electron chi connectivity index (χ1n) is 10.9. The predicted octanol–water partition coefficient (Wildman–Crippen LogP) is 5.25. The number of carbonyl (C=O) groups is 1. The minimum Gasteiger partial charge on any atom is -0.324 e. The smallest absolute Gasteiger partial charge is 0.246 e. The monoisotopic (exact) mass is 470 g/mol. The van der Waals surface area contributed by atoms with Crippen molar-refractivity contribution in [1.29, 1.82) is 0 Å². The van der Waals surface area contributed by atoms with Crippen LogP contribution in [0.3, 0.4) is 0 Å². The molecule has 0 atom stereocenters. The largest absolute Gasteiger partial charge is 0.324 e. The van der Waals surface area contributed by atoms with Gasteiger partial charge in [-0.05, 0) is 48.7 Å². The van der Waals surface area contributed by atoms with E-state index in [0.717, 1.165) is 27.8 Å². The normalized spacial score (nSPS) is 11.1. The summed E-state index contributed by atoms with van der Waals surface area (Å²) in [5, 5.41) is 13.3. The molecule has 0 saturated heterocycles. The summed E-state index contributed by atoms with van der Waals surface area (Å²) in [5.74, 6) is -0.168. The number of pyridine rings is 1. The van der Waals surface area contributed by atoms with Crippen LogP contribution in [-0.2, 0) is 17.9 Å². The topological polar surface area (TPSA) is 77.6 Å². The molecular formula is C26H23ClN6O. The van der Waals surface area contributed by atoms with Gasteiger partial charge in [0, 0.05) is 23.5 Å². The number of carbonyl (C=O) groups excluding carboxylic acids is 1. The zero-order valence-corrected chi connectivity index (χ0v) is 19.6. The fourth-order valence-corrected chi connectivity index (χ4v) is 4.24. The summed E-state index contributed by atoms with van der Waals surface area (Å²) >= 11 is 5.92. The Morgan fingerprint density at radius 2 is 1.91 bits per heavy atom. The maximum Gasteiger partial charge on any atom is 0.246 e. The highest BCUT2D eigenvalue weighted by molar-refractivity contribution is 6.30. The third-order valence-electron chi connectivity index (χ3n) is 5.61. The van der Waals surface area contributed by atoms with E-state index in [-0.39, 0.29) is 12.5 Å². The number of halogens is 1. The molecular weight excluding hydrogens is 448 g/mol. The van der Waals surface area contributed by atoms with Crippen molar-refractivity contribution in [3.8, 4) is 11.1 Å². The first kappa shape index (κ1) is 21.9. The molecule has 2 aromatic carbocycles. The molecule has 0 aliphatic carbocycles. The minimum atomic E-state index is -0.168. The van der Waals surface area contributed by atoms with E-state index in [0.29, 0.717) is 22.9 Å². The molecule has 8 heteroatoms. The highest BCUT2D eigenvalue weighted by atomic mass is 35.5. The summed E-state index contributed by atoms with van der Waals surface area (Å²) in [4.78, 5) is 17.3. The molecule has 0 aliphatic heterocycles. The predicted molar refractivity (Wildman–Crippen MR) is 134 cm³/mol. The third-order valence-corrected chi connectivity index (χ3v) is 5.81. The van der Waals surface area contributed by atoms with Crippen LogP contribution in [-0.4, -0.2) is 30.5 Å². The number of rotatable bonds is 6. The van der Waals surface area contributed by atoms with Crippen molar-refractivity contribution in [1.82, 2.24) is 24.5 Å². The van der Waals surface area contributed by atoms with Gasteiger partial charge in [-0.15, -0.1) is 0 Å². The van der Waals surface area contributed by atoms with Crippen molar-refractivity contribution in [3.05, 3.63) is 95.0 Å². The van der Waals surface area contributed by atoms with E-state index in [2.05, 4.69) is 45.6 Å². The van der Waals surface area contributed by atoms with Gasteiger partial charge in [-0.2, -0.15) is 10.2 Å². The van der Waals surface area contributed by atoms with Crippen LogP contribution in [0.5, 0.6) is 0 Å². The lowest BCUT2D eigenvalue weighted by molar-refractivity contribution is -0.116. The van der Waals surface area contributed by atoms with Crippen LogP contribution >= 0.6 is 11.6 Å². The number of benzene rings is 2. The van der Waals surface area contributed by atoms with Gasteiger partial charge in [0.25, 0.3) is 0 Å². The molecule has 170 valence electrons. The molecule has 7 nitrogen and oxygen atoms in total. The highest BCUT2D eigenvalue weighted by Crippen LogP contribution is 2.30. The molecule has 1 N–H and O–H groups in total. The van der Waals surface area contributed by atoms with Crippen LogP contribution in [0.15, 0.2) is 73.2 Å². The van der Waals surface area contributed by atoms with Gasteiger partial charge in [-0.1, -0.05) is 53.6 Å². The molecule has 0 spiro atoms. The van der Waals surface area contributed by atoms with Gasteiger partial charge in [-0.3, -0.25) is 9.48 Å². The Balaban J connectivity index is 1.32. The number of anilines is 1. The fraction of sp³-hybridized carbons (Fsp3) is 0.154. The zero-order valence-electron chi connectivity index (χ0n) is 18.9. The average molecular weight is 471 g/mol. The molecule has 34 heavy (non-hydrogen) atoms. The minimum absolute atomic E-state index is 0.0716. The SMILES string of the molecule is Cc1cccc(-c2ccnc3c2c(C)nn3CC(=O)Nc2ccc(Cn3cc(Cl)cn3)cc2)c1. The van der Waals surface area contributed by atoms with Crippen LogP contribution in [0, 0.1) is 13.8 Å². The van der Waals surface area contributed by atoms with Crippen LogP contribution in [0.4, 0.5) is 5.69 Å². The van der Waals surface area contributed by atoms with Gasteiger partial charge in [0.2, 0.25) is 5.91 Å². The molecule has 0 aliphatic rings. The van der Waals surface area contributed by atoms with Crippen LogP contribution in [0.25, 0.3) is 22.2 Å². The van der Waals surface area contributed by atoms with E-state index >= 15 is 0 Å². The first-order chi connectivity index (χ1) is 16.5. The van der Waals surface area contributed by atoms with Crippen LogP contribution < -0.4 is 5.32 Å². The second-order valence-electron chi connectivity index (χ2n) is 8.27. The summed E-state index contributed by atoms with van der Waals surface area (Å²) in [6.45, 7) is 4.70. The molecule has 0 unspecified atom stereocenters. The van der Waals surface area contributed by atoms with E-state index in [4.69, 9.17) is 11.6 Å². The Kier molecular flexibility index (Phi) is 5.86. The van der Waals surface area contributed by atoms with Crippen molar-refractivity contribution in [2.24, 2.45) is 0 Å². The summed E-state index contributed by atoms with van der Waals surface area (Å²) in [6.07, 6.45) is 5.14. The lowest BCUT2D eigenvalue weighted by atomic mass is 10.0. The molecule has 1 amide bonds. The number of aromatic nitrogens is 5. The summed E-state index contributed by atoms with van der Waals surface area (Å²) in [5.41, 5.74) is 6.67. The molecule has 3 heterocycles. The van der Waals surface area contributed by atoms with E-state index in [9.17, 15) is 4.79 Å². The van der Waals surface area contributed by atoms with Gasteiger partial charge in [0.15, 0.2) is 5.65 Å². The standard InChI is InChI=1S/C26H23ClN6O/c1-17-4-3-5-20(12-17)23-10-11-28-26-25(23)18(2)31-33(26)16-24(34)30-22-8-6-19(7-9-22)14-32-15-21(27)13-29-32/h3-13,15H,14,16H2,1-2H3,(H,30,34). The van der Waals surface area contributed by atoms with Gasteiger partial charge in [0.1, 0.15) is 6.54 Å². The van der Waals surface area contributed by atoms with Crippen molar-refractivity contribution in [2.45, 2.75) is 26.9 Å². The van der Waals surface area contributed by atoms with Crippen molar-refractivity contribution in [2.75, 3.05) is 5.32 Å². The van der Waals surface area contributed by atoms with Crippen LogP contribution in [0.2, 0.25) is 5.02 Å². The number of hydrogen-bond donors (Lipinski definition) is 1. The summed E-state index contributed by atoms with van der Waals surface area (Å²) in [6, 6.07) is 18.0. The average Bonchev–Trinajstić information content (AvgIpc) is 3.37. The lowest BCUT2D eigenvalue weighted by Gasteiger charge is -2.08. The van der Waals surface area contributed by atoms with Gasteiger partial charge >= 0.3 is 0 Å². The van der Waals surface area contributed by atoms with E-state index in [1.165, 1.54) is 5.56 Å². The number of nitrogens with one attached hydrogen (secondary N) is 1.